The van der Waals surface area contributed by atoms with Crippen LogP contribution in [-0.4, -0.2) is 4.98 Å². The lowest BCUT2D eigenvalue weighted by atomic mass is 10.1. The molecular weight excluding hydrogens is 267 g/mol. The molecule has 0 aliphatic heterocycles. The Balaban J connectivity index is 2.19. The Morgan fingerprint density at radius 1 is 1.11 bits per heavy atom. The third-order valence-electron chi connectivity index (χ3n) is 2.86. The Labute approximate surface area is 117 Å². The van der Waals surface area contributed by atoms with Gasteiger partial charge >= 0.3 is 0 Å². The van der Waals surface area contributed by atoms with Gasteiger partial charge in [0, 0.05) is 6.54 Å². The number of anilines is 1. The Hall–Kier alpha value is -1.25. The average molecular weight is 281 g/mol. The smallest absolute Gasteiger partial charge is 0.154 e. The van der Waals surface area contributed by atoms with E-state index in [4.69, 9.17) is 23.2 Å². The number of rotatable bonds is 3. The Kier molecular flexibility index (Phi) is 4.10. The molecule has 0 radical (unpaired) electrons. The zero-order valence-corrected chi connectivity index (χ0v) is 11.8. The van der Waals surface area contributed by atoms with Crippen LogP contribution in [0, 0.1) is 13.8 Å². The van der Waals surface area contributed by atoms with Crippen molar-refractivity contribution in [1.82, 2.24) is 4.98 Å². The summed E-state index contributed by atoms with van der Waals surface area (Å²) in [4.78, 5) is 4.04. The first-order valence-electron chi connectivity index (χ1n) is 5.69. The fourth-order valence-corrected chi connectivity index (χ4v) is 2.40. The molecule has 0 amide bonds. The number of benzene rings is 1. The molecule has 4 heteroatoms. The van der Waals surface area contributed by atoms with Gasteiger partial charge in [-0.15, -0.1) is 0 Å². The molecule has 0 aliphatic rings. The maximum absolute atomic E-state index is 6.08. The summed E-state index contributed by atoms with van der Waals surface area (Å²) in [7, 11) is 0. The minimum absolute atomic E-state index is 0.411. The maximum Gasteiger partial charge on any atom is 0.154 e. The first kappa shape index (κ1) is 13.2. The molecule has 0 atom stereocenters. The van der Waals surface area contributed by atoms with Gasteiger partial charge in [-0.1, -0.05) is 47.5 Å². The highest BCUT2D eigenvalue weighted by Crippen LogP contribution is 2.27. The fourth-order valence-electron chi connectivity index (χ4n) is 1.80. The van der Waals surface area contributed by atoms with Crippen molar-refractivity contribution in [3.63, 3.8) is 0 Å². The van der Waals surface area contributed by atoms with Gasteiger partial charge < -0.3 is 5.32 Å². The second kappa shape index (κ2) is 5.59. The third-order valence-corrected chi connectivity index (χ3v) is 3.33. The molecular formula is C14H14Cl2N2. The third kappa shape index (κ3) is 2.95. The normalized spacial score (nSPS) is 10.4. The number of halogens is 2. The molecule has 1 heterocycles. The Bertz CT molecular complexity index is 544. The number of nitrogens with one attached hydrogen (secondary N) is 1. The van der Waals surface area contributed by atoms with Gasteiger partial charge in [-0.2, -0.15) is 0 Å². The fraction of sp³-hybridized carbons (Fsp3) is 0.214. The molecule has 0 saturated heterocycles. The average Bonchev–Trinajstić information content (AvgIpc) is 2.30. The molecule has 0 bridgehead atoms. The number of hydrogen-bond acceptors (Lipinski definition) is 2. The Morgan fingerprint density at radius 2 is 1.83 bits per heavy atom. The summed E-state index contributed by atoms with van der Waals surface area (Å²) in [6.45, 7) is 4.77. The molecule has 1 N–H and O–H groups in total. The van der Waals surface area contributed by atoms with Gasteiger partial charge in [0.2, 0.25) is 0 Å². The lowest BCUT2D eigenvalue weighted by Gasteiger charge is -2.12. The highest BCUT2D eigenvalue weighted by Gasteiger charge is 2.07. The van der Waals surface area contributed by atoms with Crippen LogP contribution in [0.2, 0.25) is 10.3 Å². The highest BCUT2D eigenvalue weighted by molar-refractivity contribution is 6.34. The molecule has 0 fully saturated rings. The van der Waals surface area contributed by atoms with Gasteiger partial charge in [-0.3, -0.25) is 0 Å². The topological polar surface area (TPSA) is 24.9 Å². The second-order valence-corrected chi connectivity index (χ2v) is 4.95. The van der Waals surface area contributed by atoms with Crippen LogP contribution in [0.15, 0.2) is 30.3 Å². The predicted molar refractivity (Wildman–Crippen MR) is 77.5 cm³/mol. The van der Waals surface area contributed by atoms with Gasteiger partial charge in [-0.25, -0.2) is 4.98 Å². The maximum atomic E-state index is 6.08. The summed E-state index contributed by atoms with van der Waals surface area (Å²) in [5, 5.41) is 4.14. The molecule has 1 aromatic heterocycles. The van der Waals surface area contributed by atoms with E-state index in [0.29, 0.717) is 10.3 Å². The van der Waals surface area contributed by atoms with E-state index in [2.05, 4.69) is 29.4 Å². The lowest BCUT2D eigenvalue weighted by Crippen LogP contribution is -2.04. The molecule has 0 saturated carbocycles. The van der Waals surface area contributed by atoms with Crippen LogP contribution in [0.1, 0.15) is 16.7 Å². The molecule has 0 unspecified atom stereocenters. The Morgan fingerprint density at radius 3 is 2.50 bits per heavy atom. The second-order valence-electron chi connectivity index (χ2n) is 4.21. The summed E-state index contributed by atoms with van der Waals surface area (Å²) < 4.78 is 0. The van der Waals surface area contributed by atoms with Crippen LogP contribution in [0.5, 0.6) is 0 Å². The molecule has 94 valence electrons. The van der Waals surface area contributed by atoms with Gasteiger partial charge in [0.05, 0.1) is 5.69 Å². The van der Waals surface area contributed by atoms with Crippen molar-refractivity contribution < 1.29 is 0 Å². The molecule has 0 aliphatic carbocycles. The van der Waals surface area contributed by atoms with Gasteiger partial charge in [0.15, 0.2) is 5.15 Å². The van der Waals surface area contributed by atoms with Gasteiger partial charge in [0.25, 0.3) is 0 Å². The monoisotopic (exact) mass is 280 g/mol. The van der Waals surface area contributed by atoms with Crippen molar-refractivity contribution >= 4 is 28.9 Å². The quantitative estimate of drug-likeness (QED) is 0.830. The number of hydrogen-bond donors (Lipinski definition) is 1. The van der Waals surface area contributed by atoms with Crippen molar-refractivity contribution in [3.05, 3.63) is 57.3 Å². The standard InChI is InChI=1S/C14H14Cl2N2/c1-9-5-3-4-6-11(9)8-17-13-10(2)7-12(15)18-14(13)16/h3-7,17H,8H2,1-2H3. The predicted octanol–water partition coefficient (Wildman–Crippen LogP) is 4.62. The van der Waals surface area contributed by atoms with Crippen molar-refractivity contribution in [3.8, 4) is 0 Å². The van der Waals surface area contributed by atoms with E-state index < -0.39 is 0 Å². The SMILES string of the molecule is Cc1ccccc1CNc1c(C)cc(Cl)nc1Cl. The molecule has 18 heavy (non-hydrogen) atoms. The van der Waals surface area contributed by atoms with E-state index in [-0.39, 0.29) is 0 Å². The van der Waals surface area contributed by atoms with Crippen LogP contribution in [-0.2, 0) is 6.54 Å². The molecule has 2 aromatic rings. The van der Waals surface area contributed by atoms with Crippen molar-refractivity contribution in [1.29, 1.82) is 0 Å². The molecule has 0 spiro atoms. The number of pyridine rings is 1. The van der Waals surface area contributed by atoms with Crippen LogP contribution in [0.4, 0.5) is 5.69 Å². The zero-order chi connectivity index (χ0) is 13.1. The van der Waals surface area contributed by atoms with E-state index in [1.54, 1.807) is 6.07 Å². The van der Waals surface area contributed by atoms with E-state index in [1.807, 2.05) is 19.1 Å². The zero-order valence-electron chi connectivity index (χ0n) is 10.3. The van der Waals surface area contributed by atoms with Crippen molar-refractivity contribution in [2.24, 2.45) is 0 Å². The summed E-state index contributed by atoms with van der Waals surface area (Å²) in [6.07, 6.45) is 0. The van der Waals surface area contributed by atoms with Crippen molar-refractivity contribution in [2.45, 2.75) is 20.4 Å². The van der Waals surface area contributed by atoms with Crippen molar-refractivity contribution in [2.75, 3.05) is 5.32 Å². The van der Waals surface area contributed by atoms with Gasteiger partial charge in [0.1, 0.15) is 5.15 Å². The summed E-state index contributed by atoms with van der Waals surface area (Å²) in [6, 6.07) is 10.0. The molecule has 1 aromatic carbocycles. The highest BCUT2D eigenvalue weighted by atomic mass is 35.5. The number of aryl methyl sites for hydroxylation is 2. The largest absolute Gasteiger partial charge is 0.378 e. The first-order valence-corrected chi connectivity index (χ1v) is 6.44. The van der Waals surface area contributed by atoms with Crippen LogP contribution in [0.25, 0.3) is 0 Å². The van der Waals surface area contributed by atoms with E-state index >= 15 is 0 Å². The van der Waals surface area contributed by atoms with E-state index in [9.17, 15) is 0 Å². The van der Waals surface area contributed by atoms with E-state index in [0.717, 1.165) is 17.8 Å². The molecule has 2 nitrogen and oxygen atoms in total. The summed E-state index contributed by atoms with van der Waals surface area (Å²) >= 11 is 11.9. The summed E-state index contributed by atoms with van der Waals surface area (Å²) in [5.41, 5.74) is 4.32. The summed E-state index contributed by atoms with van der Waals surface area (Å²) in [5.74, 6) is 0. The minimum atomic E-state index is 0.411. The van der Waals surface area contributed by atoms with E-state index in [1.165, 1.54) is 11.1 Å². The number of aromatic nitrogens is 1. The first-order chi connectivity index (χ1) is 8.58. The van der Waals surface area contributed by atoms with Crippen LogP contribution >= 0.6 is 23.2 Å². The van der Waals surface area contributed by atoms with Crippen LogP contribution in [0.3, 0.4) is 0 Å². The lowest BCUT2D eigenvalue weighted by molar-refractivity contribution is 1.10. The van der Waals surface area contributed by atoms with Gasteiger partial charge in [-0.05, 0) is 36.6 Å². The minimum Gasteiger partial charge on any atom is -0.378 e. The number of nitrogens with zero attached hydrogens (tertiary/aromatic N) is 1. The molecule has 2 rings (SSSR count). The van der Waals surface area contributed by atoms with Crippen LogP contribution < -0.4 is 5.32 Å².